The molecule has 8 heteroatoms. The molecule has 1 saturated carbocycles. The molecule has 2 N–H and O–H groups in total. The summed E-state index contributed by atoms with van der Waals surface area (Å²) in [4.78, 5) is 25.6. The fourth-order valence-electron chi connectivity index (χ4n) is 3.53. The maximum atomic E-state index is 12.7. The first kappa shape index (κ1) is 20.3. The number of rotatable bonds is 9. The van der Waals surface area contributed by atoms with Crippen LogP contribution in [0.3, 0.4) is 0 Å². The average molecular weight is 387 g/mol. The molecule has 28 heavy (non-hydrogen) atoms. The van der Waals surface area contributed by atoms with E-state index >= 15 is 0 Å². The van der Waals surface area contributed by atoms with Crippen molar-refractivity contribution in [2.75, 3.05) is 11.9 Å². The first-order valence-electron chi connectivity index (χ1n) is 10.1. The molecule has 2 aromatic rings. The smallest absolute Gasteiger partial charge is 0.223 e. The summed E-state index contributed by atoms with van der Waals surface area (Å²) in [6, 6.07) is 1.80. The Balaban J connectivity index is 1.58. The number of anilines is 1. The normalized spacial score (nSPS) is 22.0. The average Bonchev–Trinajstić information content (AvgIpc) is 3.20. The summed E-state index contributed by atoms with van der Waals surface area (Å²) in [5, 5.41) is 6.40. The zero-order valence-corrected chi connectivity index (χ0v) is 16.7. The van der Waals surface area contributed by atoms with Crippen molar-refractivity contribution in [1.29, 1.82) is 0 Å². The number of nitrogens with zero attached hydrogens (tertiary/aromatic N) is 4. The van der Waals surface area contributed by atoms with Gasteiger partial charge in [0.1, 0.15) is 0 Å². The van der Waals surface area contributed by atoms with Gasteiger partial charge in [-0.15, -0.1) is 0 Å². The third-order valence-electron chi connectivity index (χ3n) is 5.07. The van der Waals surface area contributed by atoms with Crippen molar-refractivity contribution in [2.45, 2.75) is 64.8 Å². The van der Waals surface area contributed by atoms with E-state index in [1.54, 1.807) is 24.8 Å². The van der Waals surface area contributed by atoms with Gasteiger partial charge in [-0.2, -0.15) is 0 Å². The fraction of sp³-hybridized carbons (Fsp3) is 0.600. The van der Waals surface area contributed by atoms with Gasteiger partial charge < -0.3 is 19.9 Å². The molecule has 3 rings (SSSR count). The zero-order valence-electron chi connectivity index (χ0n) is 16.7. The first-order chi connectivity index (χ1) is 13.7. The summed E-state index contributed by atoms with van der Waals surface area (Å²) >= 11 is 0. The summed E-state index contributed by atoms with van der Waals surface area (Å²) in [6.45, 7) is 6.21. The topological polar surface area (TPSA) is 94.0 Å². The van der Waals surface area contributed by atoms with Crippen LogP contribution < -0.4 is 10.6 Å². The minimum Gasteiger partial charge on any atom is -0.376 e. The summed E-state index contributed by atoms with van der Waals surface area (Å²) in [6.07, 6.45) is 10.6. The third kappa shape index (κ3) is 5.51. The van der Waals surface area contributed by atoms with Crippen LogP contribution in [0.4, 0.5) is 5.95 Å². The Morgan fingerprint density at radius 3 is 2.79 bits per heavy atom. The maximum Gasteiger partial charge on any atom is 0.223 e. The number of carbonyl (C=O) groups excluding carboxylic acids is 1. The predicted molar refractivity (Wildman–Crippen MR) is 107 cm³/mol. The van der Waals surface area contributed by atoms with Crippen LogP contribution >= 0.6 is 0 Å². The van der Waals surface area contributed by atoms with Gasteiger partial charge in [0, 0.05) is 37.7 Å². The quantitative estimate of drug-likeness (QED) is 0.687. The number of carbonyl (C=O) groups is 1. The van der Waals surface area contributed by atoms with E-state index in [-0.39, 0.29) is 24.0 Å². The fourth-order valence-corrected chi connectivity index (χ4v) is 3.53. The molecule has 1 aliphatic rings. The number of nitrogens with one attached hydrogen (secondary N) is 2. The maximum absolute atomic E-state index is 12.7. The number of ether oxygens (including phenoxy) is 1. The van der Waals surface area contributed by atoms with Crippen molar-refractivity contribution in [2.24, 2.45) is 5.92 Å². The van der Waals surface area contributed by atoms with Crippen LogP contribution in [0.5, 0.6) is 0 Å². The summed E-state index contributed by atoms with van der Waals surface area (Å²) < 4.78 is 8.02. The molecule has 1 fully saturated rings. The van der Waals surface area contributed by atoms with E-state index in [0.717, 1.165) is 38.1 Å². The number of hydrogen-bond acceptors (Lipinski definition) is 6. The first-order valence-corrected chi connectivity index (χ1v) is 10.1. The second-order valence-electron chi connectivity index (χ2n) is 7.16. The summed E-state index contributed by atoms with van der Waals surface area (Å²) in [5.41, 5.74) is 0.877. The van der Waals surface area contributed by atoms with Crippen molar-refractivity contribution in [1.82, 2.24) is 24.8 Å². The van der Waals surface area contributed by atoms with Crippen LogP contribution in [0.25, 0.3) is 0 Å². The predicted octanol–water partition coefficient (Wildman–Crippen LogP) is 2.39. The highest BCUT2D eigenvalue weighted by molar-refractivity contribution is 5.78. The second kappa shape index (κ2) is 10.2. The van der Waals surface area contributed by atoms with Crippen LogP contribution in [0.2, 0.25) is 0 Å². The van der Waals surface area contributed by atoms with Crippen molar-refractivity contribution >= 4 is 11.9 Å². The Labute approximate surface area is 166 Å². The molecule has 0 radical (unpaired) electrons. The molecule has 0 bridgehead atoms. The Kier molecular flexibility index (Phi) is 7.36. The largest absolute Gasteiger partial charge is 0.376 e. The highest BCUT2D eigenvalue weighted by Gasteiger charge is 2.34. The standard InChI is InChI=1S/C20H30N6O2/c1-3-10-28-18-7-6-15(11-17(18)25-20-21-8-5-9-22-20)19(27)23-12-16-13-26(4-2)14-24-16/h5,8-9,13-15,17-18H,3-4,6-7,10-12H2,1-2H3,(H,23,27)(H,21,22,25)/t15-,17+,18+/m0/s1. The number of aromatic nitrogens is 4. The highest BCUT2D eigenvalue weighted by atomic mass is 16.5. The van der Waals surface area contributed by atoms with Gasteiger partial charge in [-0.25, -0.2) is 15.0 Å². The molecule has 152 valence electrons. The van der Waals surface area contributed by atoms with Gasteiger partial charge >= 0.3 is 0 Å². The molecular weight excluding hydrogens is 356 g/mol. The molecule has 0 saturated heterocycles. The van der Waals surface area contributed by atoms with Gasteiger partial charge in [-0.05, 0) is 38.7 Å². The molecule has 0 aromatic carbocycles. The molecule has 3 atom stereocenters. The second-order valence-corrected chi connectivity index (χ2v) is 7.16. The van der Waals surface area contributed by atoms with Crippen molar-refractivity contribution in [3.05, 3.63) is 36.7 Å². The molecular formula is C20H30N6O2. The SMILES string of the molecule is CCCO[C@@H]1CC[C@H](C(=O)NCc2cn(CC)cn2)C[C@H]1Nc1ncccn1. The minimum absolute atomic E-state index is 0.0118. The Hall–Kier alpha value is -2.48. The monoisotopic (exact) mass is 386 g/mol. The Bertz CT molecular complexity index is 735. The van der Waals surface area contributed by atoms with Gasteiger partial charge in [0.2, 0.25) is 11.9 Å². The van der Waals surface area contributed by atoms with E-state index in [1.165, 1.54) is 0 Å². The molecule has 2 heterocycles. The lowest BCUT2D eigenvalue weighted by molar-refractivity contribution is -0.127. The lowest BCUT2D eigenvalue weighted by Gasteiger charge is -2.35. The molecule has 2 aromatic heterocycles. The number of aryl methyl sites for hydroxylation is 1. The van der Waals surface area contributed by atoms with Crippen LogP contribution in [-0.4, -0.2) is 44.2 Å². The molecule has 1 amide bonds. The molecule has 0 spiro atoms. The number of amides is 1. The van der Waals surface area contributed by atoms with Gasteiger partial charge in [-0.3, -0.25) is 4.79 Å². The minimum atomic E-state index is -0.0593. The van der Waals surface area contributed by atoms with E-state index in [0.29, 0.717) is 18.9 Å². The van der Waals surface area contributed by atoms with E-state index < -0.39 is 0 Å². The lowest BCUT2D eigenvalue weighted by Crippen LogP contribution is -2.45. The third-order valence-corrected chi connectivity index (χ3v) is 5.07. The molecule has 1 aliphatic carbocycles. The van der Waals surface area contributed by atoms with E-state index in [4.69, 9.17) is 4.74 Å². The number of imidazole rings is 1. The Morgan fingerprint density at radius 1 is 1.25 bits per heavy atom. The molecule has 0 aliphatic heterocycles. The lowest BCUT2D eigenvalue weighted by atomic mass is 9.83. The van der Waals surface area contributed by atoms with Gasteiger partial charge in [-0.1, -0.05) is 6.92 Å². The number of hydrogen-bond donors (Lipinski definition) is 2. The molecule has 0 unspecified atom stereocenters. The zero-order chi connectivity index (χ0) is 19.8. The highest BCUT2D eigenvalue weighted by Crippen LogP contribution is 2.29. The van der Waals surface area contributed by atoms with Crippen molar-refractivity contribution in [3.63, 3.8) is 0 Å². The van der Waals surface area contributed by atoms with Crippen molar-refractivity contribution in [3.8, 4) is 0 Å². The van der Waals surface area contributed by atoms with Crippen LogP contribution in [-0.2, 0) is 22.6 Å². The summed E-state index contributed by atoms with van der Waals surface area (Å²) in [5.74, 6) is 0.584. The Morgan fingerprint density at radius 2 is 2.07 bits per heavy atom. The van der Waals surface area contributed by atoms with Gasteiger partial charge in [0.25, 0.3) is 0 Å². The molecule has 8 nitrogen and oxygen atoms in total. The van der Waals surface area contributed by atoms with E-state index in [2.05, 4.69) is 39.4 Å². The summed E-state index contributed by atoms with van der Waals surface area (Å²) in [7, 11) is 0. The van der Waals surface area contributed by atoms with Crippen LogP contribution in [0, 0.1) is 5.92 Å². The van der Waals surface area contributed by atoms with E-state index in [9.17, 15) is 4.79 Å². The van der Waals surface area contributed by atoms with E-state index in [1.807, 2.05) is 10.8 Å². The van der Waals surface area contributed by atoms with Crippen LogP contribution in [0.15, 0.2) is 31.0 Å². The van der Waals surface area contributed by atoms with Gasteiger partial charge in [0.15, 0.2) is 0 Å². The van der Waals surface area contributed by atoms with Crippen molar-refractivity contribution < 1.29 is 9.53 Å². The van der Waals surface area contributed by atoms with Gasteiger partial charge in [0.05, 0.1) is 30.7 Å². The van der Waals surface area contributed by atoms with Crippen LogP contribution in [0.1, 0.15) is 45.2 Å².